The molecule has 3 nitrogen and oxygen atoms in total. The van der Waals surface area contributed by atoms with Crippen LogP contribution < -0.4 is 5.32 Å². The van der Waals surface area contributed by atoms with Crippen LogP contribution in [-0.4, -0.2) is 23.9 Å². The maximum absolute atomic E-state index is 12.9. The van der Waals surface area contributed by atoms with Crippen molar-refractivity contribution in [2.24, 2.45) is 0 Å². The van der Waals surface area contributed by atoms with Gasteiger partial charge < -0.3 is 5.32 Å². The minimum Gasteiger partial charge on any atom is -0.324 e. The van der Waals surface area contributed by atoms with Crippen LogP contribution in [0, 0.1) is 0 Å². The van der Waals surface area contributed by atoms with Crippen molar-refractivity contribution in [1.82, 2.24) is 4.90 Å². The van der Waals surface area contributed by atoms with E-state index in [1.54, 1.807) is 0 Å². The second-order valence-corrected chi connectivity index (χ2v) is 6.34. The summed E-state index contributed by atoms with van der Waals surface area (Å²) in [6.45, 7) is 1.91. The second kappa shape index (κ2) is 7.62. The Morgan fingerprint density at radius 1 is 0.957 bits per heavy atom. The van der Waals surface area contributed by atoms with E-state index < -0.39 is 0 Å². The van der Waals surface area contributed by atoms with Gasteiger partial charge in [-0.2, -0.15) is 0 Å². The van der Waals surface area contributed by atoms with Gasteiger partial charge in [0, 0.05) is 10.7 Å². The fourth-order valence-electron chi connectivity index (χ4n) is 3.08. The van der Waals surface area contributed by atoms with Crippen molar-refractivity contribution < 1.29 is 4.79 Å². The molecule has 120 valence electrons. The highest BCUT2D eigenvalue weighted by molar-refractivity contribution is 6.30. The van der Waals surface area contributed by atoms with E-state index >= 15 is 0 Å². The van der Waals surface area contributed by atoms with E-state index in [2.05, 4.69) is 10.2 Å². The van der Waals surface area contributed by atoms with E-state index in [9.17, 15) is 4.79 Å². The van der Waals surface area contributed by atoms with E-state index in [0.717, 1.165) is 37.2 Å². The average molecular weight is 329 g/mol. The Labute approximate surface area is 142 Å². The van der Waals surface area contributed by atoms with Gasteiger partial charge in [0.15, 0.2) is 0 Å². The average Bonchev–Trinajstić information content (AvgIpc) is 2.59. The topological polar surface area (TPSA) is 32.3 Å². The van der Waals surface area contributed by atoms with Crippen molar-refractivity contribution in [3.63, 3.8) is 0 Å². The molecule has 0 spiro atoms. The minimum absolute atomic E-state index is 0.0143. The molecule has 4 heteroatoms. The number of nitrogens with zero attached hydrogens (tertiary/aromatic N) is 1. The van der Waals surface area contributed by atoms with Crippen LogP contribution in [0.3, 0.4) is 0 Å². The molecule has 0 saturated carbocycles. The first-order chi connectivity index (χ1) is 11.2. The third-order valence-electron chi connectivity index (χ3n) is 4.23. The summed E-state index contributed by atoms with van der Waals surface area (Å²) in [5.74, 6) is 0.0143. The van der Waals surface area contributed by atoms with Crippen LogP contribution >= 0.6 is 11.6 Å². The summed E-state index contributed by atoms with van der Waals surface area (Å²) in [7, 11) is 0. The molecule has 1 heterocycles. The van der Waals surface area contributed by atoms with E-state index in [0.29, 0.717) is 5.02 Å². The zero-order chi connectivity index (χ0) is 16.1. The molecule has 1 amide bonds. The Kier molecular flexibility index (Phi) is 5.31. The largest absolute Gasteiger partial charge is 0.324 e. The van der Waals surface area contributed by atoms with Gasteiger partial charge in [0.1, 0.15) is 6.04 Å². The molecule has 1 aliphatic rings. The lowest BCUT2D eigenvalue weighted by Gasteiger charge is -2.34. The molecule has 23 heavy (non-hydrogen) atoms. The summed E-state index contributed by atoms with van der Waals surface area (Å²) in [5.41, 5.74) is 1.82. The molecule has 1 fully saturated rings. The van der Waals surface area contributed by atoms with Gasteiger partial charge in [-0.05, 0) is 55.8 Å². The lowest BCUT2D eigenvalue weighted by molar-refractivity contribution is -0.122. The zero-order valence-corrected chi connectivity index (χ0v) is 13.8. The van der Waals surface area contributed by atoms with Gasteiger partial charge in [-0.1, -0.05) is 48.4 Å². The van der Waals surface area contributed by atoms with Crippen molar-refractivity contribution in [2.45, 2.75) is 25.3 Å². The Balaban J connectivity index is 1.84. The van der Waals surface area contributed by atoms with Crippen molar-refractivity contribution in [3.05, 3.63) is 65.2 Å². The van der Waals surface area contributed by atoms with Crippen LogP contribution in [0.1, 0.15) is 30.9 Å². The number of amides is 1. The highest BCUT2D eigenvalue weighted by Gasteiger charge is 2.28. The third kappa shape index (κ3) is 4.12. The fraction of sp³-hybridized carbons (Fsp3) is 0.316. The van der Waals surface area contributed by atoms with Gasteiger partial charge >= 0.3 is 0 Å². The van der Waals surface area contributed by atoms with Crippen LogP contribution in [0.15, 0.2) is 54.6 Å². The molecule has 2 aromatic rings. The molecule has 0 unspecified atom stereocenters. The molecule has 3 rings (SSSR count). The molecule has 1 saturated heterocycles. The first-order valence-corrected chi connectivity index (χ1v) is 8.47. The van der Waals surface area contributed by atoms with Gasteiger partial charge in [-0.3, -0.25) is 9.69 Å². The monoisotopic (exact) mass is 328 g/mol. The first kappa shape index (κ1) is 16.0. The predicted molar refractivity (Wildman–Crippen MR) is 94.7 cm³/mol. The van der Waals surface area contributed by atoms with Crippen LogP contribution in [0.4, 0.5) is 5.69 Å². The third-order valence-corrected chi connectivity index (χ3v) is 4.48. The Bertz CT molecular complexity index is 636. The highest BCUT2D eigenvalue weighted by atomic mass is 35.5. The van der Waals surface area contributed by atoms with Crippen LogP contribution in [0.25, 0.3) is 0 Å². The maximum atomic E-state index is 12.9. The SMILES string of the molecule is O=C(Nc1ccccc1)[C@H](c1ccc(Cl)cc1)N1CCCCC1. The molecule has 1 atom stereocenters. The van der Waals surface area contributed by atoms with Crippen molar-refractivity contribution >= 4 is 23.2 Å². The van der Waals surface area contributed by atoms with Crippen molar-refractivity contribution in [3.8, 4) is 0 Å². The van der Waals surface area contributed by atoms with Crippen molar-refractivity contribution in [1.29, 1.82) is 0 Å². The summed E-state index contributed by atoms with van der Waals surface area (Å²) < 4.78 is 0. The van der Waals surface area contributed by atoms with Crippen LogP contribution in [0.5, 0.6) is 0 Å². The minimum atomic E-state index is -0.271. The maximum Gasteiger partial charge on any atom is 0.246 e. The summed E-state index contributed by atoms with van der Waals surface area (Å²) in [5, 5.41) is 3.73. The number of benzene rings is 2. The molecule has 0 aromatic heterocycles. The molecule has 2 aromatic carbocycles. The van der Waals surface area contributed by atoms with Gasteiger partial charge in [0.05, 0.1) is 0 Å². The van der Waals surface area contributed by atoms with Gasteiger partial charge in [-0.25, -0.2) is 0 Å². The van der Waals surface area contributed by atoms with Gasteiger partial charge in [0.2, 0.25) is 5.91 Å². The summed E-state index contributed by atoms with van der Waals surface area (Å²) >= 11 is 6.00. The van der Waals surface area contributed by atoms with E-state index in [-0.39, 0.29) is 11.9 Å². The Morgan fingerprint density at radius 2 is 1.61 bits per heavy atom. The number of hydrogen-bond donors (Lipinski definition) is 1. The van der Waals surface area contributed by atoms with E-state index in [1.165, 1.54) is 6.42 Å². The molecule has 1 aliphatic heterocycles. The standard InChI is InChI=1S/C19H21ClN2O/c20-16-11-9-15(10-12-16)18(22-13-5-2-6-14-22)19(23)21-17-7-3-1-4-8-17/h1,3-4,7-12,18H,2,5-6,13-14H2,(H,21,23)/t18-/m0/s1. The second-order valence-electron chi connectivity index (χ2n) is 5.91. The molecule has 0 aliphatic carbocycles. The molecular weight excluding hydrogens is 308 g/mol. The van der Waals surface area contributed by atoms with Gasteiger partial charge in [-0.15, -0.1) is 0 Å². The molecular formula is C19H21ClN2O. The summed E-state index contributed by atoms with van der Waals surface area (Å²) in [6, 6.07) is 16.9. The first-order valence-electron chi connectivity index (χ1n) is 8.09. The van der Waals surface area contributed by atoms with Crippen LogP contribution in [0.2, 0.25) is 5.02 Å². The lowest BCUT2D eigenvalue weighted by Crippen LogP contribution is -2.40. The lowest BCUT2D eigenvalue weighted by atomic mass is 10.0. The number of anilines is 1. The van der Waals surface area contributed by atoms with Gasteiger partial charge in [0.25, 0.3) is 0 Å². The van der Waals surface area contributed by atoms with E-state index in [1.807, 2.05) is 54.6 Å². The normalized spacial score (nSPS) is 16.7. The Hall–Kier alpha value is -1.84. The summed E-state index contributed by atoms with van der Waals surface area (Å²) in [4.78, 5) is 15.2. The quantitative estimate of drug-likeness (QED) is 0.895. The highest BCUT2D eigenvalue weighted by Crippen LogP contribution is 2.27. The molecule has 1 N–H and O–H groups in total. The fourth-order valence-corrected chi connectivity index (χ4v) is 3.21. The number of halogens is 1. The predicted octanol–water partition coefficient (Wildman–Crippen LogP) is 4.51. The Morgan fingerprint density at radius 3 is 2.26 bits per heavy atom. The number of para-hydroxylation sites is 1. The number of nitrogens with one attached hydrogen (secondary N) is 1. The zero-order valence-electron chi connectivity index (χ0n) is 13.0. The van der Waals surface area contributed by atoms with E-state index in [4.69, 9.17) is 11.6 Å². The van der Waals surface area contributed by atoms with Crippen LogP contribution in [-0.2, 0) is 4.79 Å². The number of hydrogen-bond acceptors (Lipinski definition) is 2. The summed E-state index contributed by atoms with van der Waals surface area (Å²) in [6.07, 6.45) is 3.52. The number of carbonyl (C=O) groups excluding carboxylic acids is 1. The number of carbonyl (C=O) groups is 1. The molecule has 0 radical (unpaired) electrons. The number of rotatable bonds is 4. The number of likely N-dealkylation sites (tertiary alicyclic amines) is 1. The molecule has 0 bridgehead atoms. The smallest absolute Gasteiger partial charge is 0.246 e. The number of piperidine rings is 1. The van der Waals surface area contributed by atoms with Crippen molar-refractivity contribution in [2.75, 3.05) is 18.4 Å².